The summed E-state index contributed by atoms with van der Waals surface area (Å²) in [5.41, 5.74) is 5.72. The number of sulfonamides is 1. The van der Waals surface area contributed by atoms with Crippen molar-refractivity contribution in [1.82, 2.24) is 14.3 Å². The summed E-state index contributed by atoms with van der Waals surface area (Å²) in [4.78, 5) is 4.08. The molecule has 0 saturated heterocycles. The summed E-state index contributed by atoms with van der Waals surface area (Å²) in [6.07, 6.45) is 5.56. The van der Waals surface area contributed by atoms with Gasteiger partial charge >= 0.3 is 0 Å². The molecular formula is C12H22N4O2S. The first kappa shape index (κ1) is 14.5. The van der Waals surface area contributed by atoms with Crippen LogP contribution in [0.15, 0.2) is 11.2 Å². The van der Waals surface area contributed by atoms with Gasteiger partial charge in [-0.25, -0.2) is 18.1 Å². The number of aromatic nitrogens is 2. The average molecular weight is 286 g/mol. The maximum Gasteiger partial charge on any atom is 0.259 e. The summed E-state index contributed by atoms with van der Waals surface area (Å²) in [6, 6.07) is -0.0638. The van der Waals surface area contributed by atoms with E-state index in [1.54, 1.807) is 18.5 Å². The van der Waals surface area contributed by atoms with E-state index < -0.39 is 10.0 Å². The number of imidazole rings is 1. The van der Waals surface area contributed by atoms with Crippen molar-refractivity contribution >= 4 is 10.0 Å². The number of nitrogens with one attached hydrogen (secondary N) is 1. The Morgan fingerprint density at radius 3 is 2.74 bits per heavy atom. The molecule has 1 aromatic heterocycles. The lowest BCUT2D eigenvalue weighted by atomic mass is 9.85. The van der Waals surface area contributed by atoms with E-state index in [4.69, 9.17) is 5.73 Å². The lowest BCUT2D eigenvalue weighted by molar-refractivity contribution is 0.296. The number of hydrogen-bond acceptors (Lipinski definition) is 4. The Kier molecular flexibility index (Phi) is 4.27. The first-order valence-electron chi connectivity index (χ1n) is 6.66. The van der Waals surface area contributed by atoms with Crippen LogP contribution in [0.25, 0.3) is 0 Å². The summed E-state index contributed by atoms with van der Waals surface area (Å²) in [7, 11) is -1.76. The van der Waals surface area contributed by atoms with Gasteiger partial charge in [0.05, 0.1) is 0 Å². The molecule has 1 aliphatic rings. The van der Waals surface area contributed by atoms with Crippen molar-refractivity contribution in [2.75, 3.05) is 6.54 Å². The molecule has 0 radical (unpaired) electrons. The zero-order chi connectivity index (χ0) is 14.0. The van der Waals surface area contributed by atoms with E-state index in [1.807, 2.05) is 0 Å². The number of rotatable bonds is 4. The van der Waals surface area contributed by atoms with Gasteiger partial charge in [0.1, 0.15) is 5.82 Å². The lowest BCUT2D eigenvalue weighted by Crippen LogP contribution is -2.44. The quantitative estimate of drug-likeness (QED) is 0.844. The Labute approximate surface area is 114 Å². The number of hydrogen-bond donors (Lipinski definition) is 2. The van der Waals surface area contributed by atoms with Crippen LogP contribution < -0.4 is 10.5 Å². The highest BCUT2D eigenvalue weighted by molar-refractivity contribution is 7.89. The van der Waals surface area contributed by atoms with Crippen LogP contribution in [0.4, 0.5) is 0 Å². The van der Waals surface area contributed by atoms with Crippen LogP contribution in [0, 0.1) is 12.8 Å². The molecule has 108 valence electrons. The largest absolute Gasteiger partial charge is 0.337 e. The van der Waals surface area contributed by atoms with Gasteiger partial charge in [0.2, 0.25) is 0 Å². The molecule has 0 unspecified atom stereocenters. The van der Waals surface area contributed by atoms with Crippen molar-refractivity contribution in [3.63, 3.8) is 0 Å². The highest BCUT2D eigenvalue weighted by Gasteiger charge is 2.29. The number of aryl methyl sites for hydroxylation is 2. The zero-order valence-corrected chi connectivity index (χ0v) is 12.3. The number of nitrogens with two attached hydrogens (primary N) is 1. The van der Waals surface area contributed by atoms with Gasteiger partial charge in [0.25, 0.3) is 10.0 Å². The molecule has 1 saturated carbocycles. The first-order chi connectivity index (χ1) is 8.94. The fourth-order valence-electron chi connectivity index (χ4n) is 2.56. The third kappa shape index (κ3) is 3.16. The predicted molar refractivity (Wildman–Crippen MR) is 73.1 cm³/mol. The Hall–Kier alpha value is -0.920. The van der Waals surface area contributed by atoms with Crippen LogP contribution >= 0.6 is 0 Å². The highest BCUT2D eigenvalue weighted by Crippen LogP contribution is 2.25. The number of nitrogens with zero attached hydrogens (tertiary/aromatic N) is 2. The summed E-state index contributed by atoms with van der Waals surface area (Å²) in [6.45, 7) is 2.30. The molecule has 0 aromatic carbocycles. The molecule has 2 atom stereocenters. The van der Waals surface area contributed by atoms with Crippen LogP contribution in [-0.2, 0) is 17.1 Å². The van der Waals surface area contributed by atoms with Crippen LogP contribution in [0.3, 0.4) is 0 Å². The van der Waals surface area contributed by atoms with Crippen molar-refractivity contribution in [3.05, 3.63) is 12.0 Å². The molecule has 1 fully saturated rings. The summed E-state index contributed by atoms with van der Waals surface area (Å²) in [5, 5.41) is 0.0915. The Bertz CT molecular complexity index is 518. The van der Waals surface area contributed by atoms with Gasteiger partial charge in [-0.1, -0.05) is 12.8 Å². The molecule has 7 heteroatoms. The van der Waals surface area contributed by atoms with E-state index in [0.717, 1.165) is 25.7 Å². The van der Waals surface area contributed by atoms with Gasteiger partial charge in [0, 0.05) is 19.3 Å². The minimum absolute atomic E-state index is 0.0638. The standard InChI is InChI=1S/C12H22N4O2S/c1-9-14-12(8-16(9)2)19(17,18)15-11-6-4-3-5-10(11)7-13/h8,10-11,15H,3-7,13H2,1-2H3/t10-,11+/m0/s1. The summed E-state index contributed by atoms with van der Waals surface area (Å²) >= 11 is 0. The Morgan fingerprint density at radius 1 is 1.47 bits per heavy atom. The second-order valence-electron chi connectivity index (χ2n) is 5.25. The van der Waals surface area contributed by atoms with Crippen molar-refractivity contribution in [2.45, 2.75) is 43.7 Å². The highest BCUT2D eigenvalue weighted by atomic mass is 32.2. The molecule has 0 bridgehead atoms. The lowest BCUT2D eigenvalue weighted by Gasteiger charge is -2.30. The van der Waals surface area contributed by atoms with Crippen LogP contribution in [0.2, 0.25) is 0 Å². The molecule has 1 heterocycles. The molecule has 19 heavy (non-hydrogen) atoms. The van der Waals surface area contributed by atoms with E-state index >= 15 is 0 Å². The van der Waals surface area contributed by atoms with Gasteiger partial charge in [-0.2, -0.15) is 0 Å². The zero-order valence-electron chi connectivity index (χ0n) is 11.5. The topological polar surface area (TPSA) is 90.0 Å². The molecule has 1 aliphatic carbocycles. The van der Waals surface area contributed by atoms with Crippen molar-refractivity contribution in [3.8, 4) is 0 Å². The third-order valence-electron chi connectivity index (χ3n) is 3.88. The molecular weight excluding hydrogens is 264 g/mol. The monoisotopic (exact) mass is 286 g/mol. The maximum absolute atomic E-state index is 12.3. The SMILES string of the molecule is Cc1nc(S(=O)(=O)N[C@@H]2CCCC[C@H]2CN)cn1C. The van der Waals surface area contributed by atoms with E-state index in [-0.39, 0.29) is 17.0 Å². The predicted octanol–water partition coefficient (Wildman–Crippen LogP) is 0.524. The normalized spacial score (nSPS) is 24.6. The molecule has 1 aromatic rings. The average Bonchev–Trinajstić information content (AvgIpc) is 2.71. The molecule has 3 N–H and O–H groups in total. The van der Waals surface area contributed by atoms with Crippen molar-refractivity contribution in [2.24, 2.45) is 18.7 Å². The van der Waals surface area contributed by atoms with Crippen molar-refractivity contribution in [1.29, 1.82) is 0 Å². The maximum atomic E-state index is 12.3. The van der Waals surface area contributed by atoms with Gasteiger partial charge in [0.15, 0.2) is 5.03 Å². The summed E-state index contributed by atoms with van der Waals surface area (Å²) in [5.74, 6) is 0.910. The molecule has 0 amide bonds. The van der Waals surface area contributed by atoms with E-state index in [1.165, 1.54) is 6.20 Å². The van der Waals surface area contributed by atoms with Gasteiger partial charge in [-0.05, 0) is 32.2 Å². The van der Waals surface area contributed by atoms with E-state index in [0.29, 0.717) is 12.4 Å². The van der Waals surface area contributed by atoms with Crippen LogP contribution in [0.1, 0.15) is 31.5 Å². The Morgan fingerprint density at radius 2 is 2.16 bits per heavy atom. The van der Waals surface area contributed by atoms with Crippen LogP contribution in [0.5, 0.6) is 0 Å². The first-order valence-corrected chi connectivity index (χ1v) is 8.14. The molecule has 0 aliphatic heterocycles. The van der Waals surface area contributed by atoms with Gasteiger partial charge in [-0.3, -0.25) is 0 Å². The van der Waals surface area contributed by atoms with E-state index in [9.17, 15) is 8.42 Å². The Balaban J connectivity index is 2.16. The van der Waals surface area contributed by atoms with Crippen LogP contribution in [-0.4, -0.2) is 30.6 Å². The van der Waals surface area contributed by atoms with E-state index in [2.05, 4.69) is 9.71 Å². The second-order valence-corrected chi connectivity index (χ2v) is 6.91. The van der Waals surface area contributed by atoms with Gasteiger partial charge < -0.3 is 10.3 Å². The molecule has 6 nitrogen and oxygen atoms in total. The fourth-order valence-corrected chi connectivity index (χ4v) is 3.94. The minimum Gasteiger partial charge on any atom is -0.337 e. The second kappa shape index (κ2) is 5.60. The summed E-state index contributed by atoms with van der Waals surface area (Å²) < 4.78 is 29.1. The fraction of sp³-hybridized carbons (Fsp3) is 0.750. The molecule has 2 rings (SSSR count). The van der Waals surface area contributed by atoms with Crippen molar-refractivity contribution < 1.29 is 8.42 Å². The third-order valence-corrected chi connectivity index (χ3v) is 5.24. The van der Waals surface area contributed by atoms with Gasteiger partial charge in [-0.15, -0.1) is 0 Å². The smallest absolute Gasteiger partial charge is 0.259 e. The minimum atomic E-state index is -3.54. The molecule has 0 spiro atoms.